The smallest absolute Gasteiger partial charge is 0.357 e. The van der Waals surface area contributed by atoms with Crippen LogP contribution in [0.25, 0.3) is 10.8 Å². The number of rotatable bonds is 3. The van der Waals surface area contributed by atoms with Crippen LogP contribution in [0.2, 0.25) is 0 Å². The molecule has 4 aromatic carbocycles. The summed E-state index contributed by atoms with van der Waals surface area (Å²) in [5.41, 5.74) is 3.31. The van der Waals surface area contributed by atoms with E-state index in [4.69, 9.17) is 0 Å². The van der Waals surface area contributed by atoms with Gasteiger partial charge in [0.1, 0.15) is 10.1 Å². The standard InChI is InChI=1S/C20H26I.C10H8O3S/c1-19(2,3)15-7-11-17(12-8-15)21-18-13-9-16(10-14-18)20(4,5)6;11-14(12,13)10-7-3-5-8-4-1-2-6-9(8)10/h7-14H,1-6H3;1-7H,(H,11,12,13)/q+1;/p-1. The van der Waals surface area contributed by atoms with Gasteiger partial charge in [-0.15, -0.1) is 0 Å². The van der Waals surface area contributed by atoms with E-state index in [1.807, 2.05) is 0 Å². The van der Waals surface area contributed by atoms with Crippen molar-refractivity contribution in [3.05, 3.63) is 109 Å². The summed E-state index contributed by atoms with van der Waals surface area (Å²) < 4.78 is 35.7. The highest BCUT2D eigenvalue weighted by Crippen LogP contribution is 2.23. The normalized spacial score (nSPS) is 12.2. The molecular weight excluding hydrogens is 567 g/mol. The largest absolute Gasteiger partial charge is 0.744 e. The number of fused-ring (bicyclic) bond motifs is 1. The SMILES string of the molecule is CC(C)(C)c1ccc([I+]c2ccc(C(C)(C)C)cc2)cc1.O=S(=O)([O-])c1cccc2ccccc12. The lowest BCUT2D eigenvalue weighted by atomic mass is 9.87. The predicted molar refractivity (Wildman–Crippen MR) is 140 cm³/mol. The zero-order valence-corrected chi connectivity index (χ0v) is 24.1. The maximum Gasteiger partial charge on any atom is 0.357 e. The Bertz CT molecular complexity index is 1320. The van der Waals surface area contributed by atoms with Crippen LogP contribution in [0.1, 0.15) is 52.7 Å². The fourth-order valence-electron chi connectivity index (χ4n) is 3.57. The van der Waals surface area contributed by atoms with E-state index >= 15 is 0 Å². The van der Waals surface area contributed by atoms with Gasteiger partial charge < -0.3 is 4.55 Å². The van der Waals surface area contributed by atoms with Crippen molar-refractivity contribution in [2.45, 2.75) is 57.3 Å². The number of halogens is 1. The third kappa shape index (κ3) is 7.63. The van der Waals surface area contributed by atoms with Gasteiger partial charge in [-0.25, -0.2) is 8.42 Å². The predicted octanol–water partition coefficient (Wildman–Crippen LogP) is 4.15. The zero-order valence-electron chi connectivity index (χ0n) is 21.2. The third-order valence-corrected chi connectivity index (χ3v) is 9.24. The Hall–Kier alpha value is -2.22. The van der Waals surface area contributed by atoms with Crippen molar-refractivity contribution in [1.82, 2.24) is 0 Å². The highest BCUT2D eigenvalue weighted by atomic mass is 127. The molecule has 0 amide bonds. The van der Waals surface area contributed by atoms with Crippen molar-refractivity contribution in [3.8, 4) is 0 Å². The maximum absolute atomic E-state index is 10.9. The second-order valence-electron chi connectivity index (χ2n) is 10.5. The minimum Gasteiger partial charge on any atom is -0.744 e. The summed E-state index contributed by atoms with van der Waals surface area (Å²) in [7, 11) is -4.38. The van der Waals surface area contributed by atoms with Crippen LogP contribution in [-0.4, -0.2) is 13.0 Å². The molecule has 0 aromatic heterocycles. The van der Waals surface area contributed by atoms with Gasteiger partial charge in [-0.3, -0.25) is 0 Å². The van der Waals surface area contributed by atoms with Crippen molar-refractivity contribution in [2.24, 2.45) is 0 Å². The van der Waals surface area contributed by atoms with Crippen LogP contribution in [0.5, 0.6) is 0 Å². The van der Waals surface area contributed by atoms with Gasteiger partial charge in [-0.2, -0.15) is 0 Å². The summed E-state index contributed by atoms with van der Waals surface area (Å²) in [6, 6.07) is 30.0. The first-order chi connectivity index (χ1) is 16.2. The molecule has 0 unspecified atom stereocenters. The second kappa shape index (κ2) is 10.8. The second-order valence-corrected chi connectivity index (χ2v) is 14.9. The molecule has 0 spiro atoms. The van der Waals surface area contributed by atoms with Crippen LogP contribution in [0, 0.1) is 7.14 Å². The third-order valence-electron chi connectivity index (χ3n) is 5.66. The molecule has 0 fully saturated rings. The highest BCUT2D eigenvalue weighted by molar-refractivity contribution is 7.86. The van der Waals surface area contributed by atoms with Gasteiger partial charge in [-0.05, 0) is 63.1 Å². The molecule has 0 N–H and O–H groups in total. The Morgan fingerprint density at radius 2 is 1.03 bits per heavy atom. The molecule has 0 radical (unpaired) electrons. The fourth-order valence-corrected chi connectivity index (χ4v) is 6.42. The van der Waals surface area contributed by atoms with Gasteiger partial charge in [0.25, 0.3) is 0 Å². The van der Waals surface area contributed by atoms with Crippen LogP contribution in [0.3, 0.4) is 0 Å². The van der Waals surface area contributed by atoms with Crippen LogP contribution < -0.4 is 21.2 Å². The summed E-state index contributed by atoms with van der Waals surface area (Å²) in [5, 5.41) is 1.23. The summed E-state index contributed by atoms with van der Waals surface area (Å²) in [5.74, 6) is 0. The lowest BCUT2D eigenvalue weighted by molar-refractivity contribution is -0.597. The van der Waals surface area contributed by atoms with E-state index in [-0.39, 0.29) is 36.9 Å². The van der Waals surface area contributed by atoms with Gasteiger partial charge >= 0.3 is 21.2 Å². The van der Waals surface area contributed by atoms with Crippen LogP contribution in [0.15, 0.2) is 95.9 Å². The molecule has 0 atom stereocenters. The first-order valence-corrected chi connectivity index (χ1v) is 15.1. The molecule has 0 saturated carbocycles. The Balaban J connectivity index is 0.000000211. The van der Waals surface area contributed by atoms with E-state index in [9.17, 15) is 13.0 Å². The molecule has 35 heavy (non-hydrogen) atoms. The average Bonchev–Trinajstić information content (AvgIpc) is 2.78. The summed E-state index contributed by atoms with van der Waals surface area (Å²) in [6.45, 7) is 13.6. The summed E-state index contributed by atoms with van der Waals surface area (Å²) >= 11 is -0.0703. The fraction of sp³-hybridized carbons (Fsp3) is 0.267. The van der Waals surface area contributed by atoms with E-state index in [0.29, 0.717) is 5.39 Å². The summed E-state index contributed by atoms with van der Waals surface area (Å²) in [4.78, 5) is -0.157. The molecule has 4 rings (SSSR count). The lowest BCUT2D eigenvalue weighted by Gasteiger charge is -2.18. The first-order valence-electron chi connectivity index (χ1n) is 11.5. The van der Waals surface area contributed by atoms with E-state index in [2.05, 4.69) is 90.1 Å². The molecule has 0 heterocycles. The molecule has 4 aromatic rings. The highest BCUT2D eigenvalue weighted by Gasteiger charge is 2.20. The molecule has 0 aliphatic rings. The molecule has 0 aliphatic carbocycles. The van der Waals surface area contributed by atoms with Gasteiger partial charge in [0.2, 0.25) is 0 Å². The molecule has 0 aliphatic heterocycles. The maximum atomic E-state index is 10.9. The van der Waals surface area contributed by atoms with Gasteiger partial charge in [0.05, 0.1) is 4.90 Å². The first kappa shape index (κ1) is 27.4. The van der Waals surface area contributed by atoms with E-state index in [0.717, 1.165) is 5.39 Å². The topological polar surface area (TPSA) is 57.2 Å². The van der Waals surface area contributed by atoms with Crippen molar-refractivity contribution in [1.29, 1.82) is 0 Å². The van der Waals surface area contributed by atoms with E-state index in [1.54, 1.807) is 36.4 Å². The monoisotopic (exact) mass is 600 g/mol. The summed E-state index contributed by atoms with van der Waals surface area (Å²) in [6.07, 6.45) is 0. The number of benzene rings is 4. The Kier molecular flexibility index (Phi) is 8.45. The molecule has 5 heteroatoms. The molecule has 3 nitrogen and oxygen atoms in total. The minimum absolute atomic E-state index is 0.0703. The Morgan fingerprint density at radius 3 is 1.46 bits per heavy atom. The molecule has 0 bridgehead atoms. The van der Waals surface area contributed by atoms with Crippen molar-refractivity contribution < 1.29 is 34.2 Å². The molecule has 0 saturated heterocycles. The Labute approximate surface area is 220 Å². The van der Waals surface area contributed by atoms with Crippen LogP contribution in [-0.2, 0) is 20.9 Å². The minimum atomic E-state index is -4.38. The lowest BCUT2D eigenvalue weighted by Crippen LogP contribution is -3.61. The average molecular weight is 601 g/mol. The Morgan fingerprint density at radius 1 is 0.600 bits per heavy atom. The van der Waals surface area contributed by atoms with E-state index in [1.165, 1.54) is 24.3 Å². The quantitative estimate of drug-likeness (QED) is 0.262. The number of hydrogen-bond donors (Lipinski definition) is 0. The van der Waals surface area contributed by atoms with Gasteiger partial charge in [-0.1, -0.05) is 102 Å². The van der Waals surface area contributed by atoms with Gasteiger partial charge in [0.15, 0.2) is 7.14 Å². The zero-order chi connectivity index (χ0) is 25.9. The van der Waals surface area contributed by atoms with Crippen LogP contribution in [0.4, 0.5) is 0 Å². The molecular formula is C30H33IO3S. The molecule has 184 valence electrons. The van der Waals surface area contributed by atoms with Crippen LogP contribution >= 0.6 is 0 Å². The van der Waals surface area contributed by atoms with Crippen molar-refractivity contribution >= 4 is 20.9 Å². The van der Waals surface area contributed by atoms with Crippen molar-refractivity contribution in [3.63, 3.8) is 0 Å². The van der Waals surface area contributed by atoms with Gasteiger partial charge in [0, 0.05) is 0 Å². The number of hydrogen-bond acceptors (Lipinski definition) is 3. The van der Waals surface area contributed by atoms with E-state index < -0.39 is 10.1 Å². The van der Waals surface area contributed by atoms with Crippen molar-refractivity contribution in [2.75, 3.05) is 0 Å².